The summed E-state index contributed by atoms with van der Waals surface area (Å²) in [6.07, 6.45) is 1.48. The van der Waals surface area contributed by atoms with Crippen LogP contribution in [0.1, 0.15) is 33.1 Å². The van der Waals surface area contributed by atoms with Crippen molar-refractivity contribution in [3.63, 3.8) is 0 Å². The van der Waals surface area contributed by atoms with E-state index in [4.69, 9.17) is 4.42 Å². The maximum atomic E-state index is 11.7. The summed E-state index contributed by atoms with van der Waals surface area (Å²) in [4.78, 5) is 22.0. The second-order valence-electron chi connectivity index (χ2n) is 5.10. The molecule has 7 nitrogen and oxygen atoms in total. The van der Waals surface area contributed by atoms with Crippen LogP contribution >= 0.6 is 11.3 Å². The van der Waals surface area contributed by atoms with E-state index in [1.54, 1.807) is 23.5 Å². The van der Waals surface area contributed by atoms with Crippen LogP contribution in [0.5, 0.6) is 0 Å². The van der Waals surface area contributed by atoms with Crippen LogP contribution in [0.3, 0.4) is 0 Å². The van der Waals surface area contributed by atoms with E-state index in [2.05, 4.69) is 32.9 Å². The van der Waals surface area contributed by atoms with Crippen molar-refractivity contribution in [2.45, 2.75) is 27.3 Å². The second kappa shape index (κ2) is 9.07. The molecule has 0 radical (unpaired) electrons. The van der Waals surface area contributed by atoms with Crippen molar-refractivity contribution >= 4 is 23.2 Å². The van der Waals surface area contributed by atoms with Crippen LogP contribution in [0, 0.1) is 13.8 Å². The number of nitrogens with one attached hydrogen (secondary N) is 3. The average molecular weight is 349 g/mol. The molecular formula is C16H23N5O2S. The third-order valence-corrected chi connectivity index (χ3v) is 4.30. The lowest BCUT2D eigenvalue weighted by Gasteiger charge is -2.11. The predicted octanol–water partition coefficient (Wildman–Crippen LogP) is 1.84. The molecule has 0 bridgehead atoms. The number of rotatable bonds is 7. The van der Waals surface area contributed by atoms with Gasteiger partial charge >= 0.3 is 0 Å². The summed E-state index contributed by atoms with van der Waals surface area (Å²) < 4.78 is 5.04. The van der Waals surface area contributed by atoms with Gasteiger partial charge in [0, 0.05) is 24.5 Å². The first-order chi connectivity index (χ1) is 11.6. The molecule has 0 spiro atoms. The molecule has 0 saturated heterocycles. The molecule has 0 aliphatic rings. The van der Waals surface area contributed by atoms with E-state index in [1.165, 1.54) is 11.1 Å². The lowest BCUT2D eigenvalue weighted by atomic mass is 10.4. The highest BCUT2D eigenvalue weighted by Gasteiger charge is 2.07. The van der Waals surface area contributed by atoms with Gasteiger partial charge < -0.3 is 20.4 Å². The van der Waals surface area contributed by atoms with Gasteiger partial charge in [0.25, 0.3) is 5.91 Å². The van der Waals surface area contributed by atoms with Crippen molar-refractivity contribution in [2.24, 2.45) is 4.99 Å². The SMILES string of the molecule is CCNC(=NCc1nc(C)c(C)s1)NCCNC(=O)c1ccco1. The molecule has 0 aliphatic heterocycles. The summed E-state index contributed by atoms with van der Waals surface area (Å²) in [6.45, 7) is 8.41. The number of nitrogens with zero attached hydrogens (tertiary/aromatic N) is 2. The summed E-state index contributed by atoms with van der Waals surface area (Å²) in [5, 5.41) is 10.1. The van der Waals surface area contributed by atoms with Gasteiger partial charge in [0.15, 0.2) is 11.7 Å². The van der Waals surface area contributed by atoms with Crippen LogP contribution in [0.2, 0.25) is 0 Å². The third kappa shape index (κ3) is 5.38. The van der Waals surface area contributed by atoms with Crippen LogP contribution in [0.25, 0.3) is 0 Å². The molecule has 24 heavy (non-hydrogen) atoms. The summed E-state index contributed by atoms with van der Waals surface area (Å²) >= 11 is 1.66. The van der Waals surface area contributed by atoms with Crippen LogP contribution < -0.4 is 16.0 Å². The van der Waals surface area contributed by atoms with Crippen molar-refractivity contribution < 1.29 is 9.21 Å². The van der Waals surface area contributed by atoms with Gasteiger partial charge in [0.05, 0.1) is 18.5 Å². The number of aromatic nitrogens is 1. The van der Waals surface area contributed by atoms with Gasteiger partial charge in [-0.3, -0.25) is 4.79 Å². The fourth-order valence-corrected chi connectivity index (χ4v) is 2.81. The van der Waals surface area contributed by atoms with Crippen molar-refractivity contribution in [1.82, 2.24) is 20.9 Å². The van der Waals surface area contributed by atoms with Crippen molar-refractivity contribution in [3.05, 3.63) is 39.7 Å². The molecule has 0 atom stereocenters. The average Bonchev–Trinajstić information content (AvgIpc) is 3.19. The van der Waals surface area contributed by atoms with E-state index in [1.807, 2.05) is 13.8 Å². The minimum atomic E-state index is -0.225. The van der Waals surface area contributed by atoms with E-state index in [0.717, 1.165) is 17.2 Å². The van der Waals surface area contributed by atoms with Gasteiger partial charge in [-0.15, -0.1) is 11.3 Å². The van der Waals surface area contributed by atoms with E-state index in [-0.39, 0.29) is 5.91 Å². The summed E-state index contributed by atoms with van der Waals surface area (Å²) in [5.41, 5.74) is 1.06. The summed E-state index contributed by atoms with van der Waals surface area (Å²) in [7, 11) is 0. The number of guanidine groups is 1. The monoisotopic (exact) mass is 349 g/mol. The predicted molar refractivity (Wildman–Crippen MR) is 95.4 cm³/mol. The van der Waals surface area contributed by atoms with E-state index < -0.39 is 0 Å². The number of hydrogen-bond acceptors (Lipinski definition) is 5. The Labute approximate surface area is 145 Å². The first-order valence-corrected chi connectivity index (χ1v) is 8.68. The lowest BCUT2D eigenvalue weighted by molar-refractivity contribution is 0.0926. The molecule has 0 aromatic carbocycles. The molecule has 0 fully saturated rings. The highest BCUT2D eigenvalue weighted by molar-refractivity contribution is 7.11. The van der Waals surface area contributed by atoms with Crippen molar-refractivity contribution in [1.29, 1.82) is 0 Å². The zero-order valence-corrected chi connectivity index (χ0v) is 15.0. The Balaban J connectivity index is 1.78. The van der Waals surface area contributed by atoms with E-state index in [0.29, 0.717) is 31.4 Å². The molecule has 0 saturated carbocycles. The Hall–Kier alpha value is -2.35. The van der Waals surface area contributed by atoms with Crippen LogP contribution in [0.4, 0.5) is 0 Å². The van der Waals surface area contributed by atoms with Gasteiger partial charge in [-0.1, -0.05) is 0 Å². The molecule has 0 unspecified atom stereocenters. The molecule has 2 aromatic heterocycles. The Morgan fingerprint density at radius 1 is 1.29 bits per heavy atom. The van der Waals surface area contributed by atoms with Gasteiger partial charge in [-0.2, -0.15) is 0 Å². The van der Waals surface area contributed by atoms with Gasteiger partial charge in [-0.25, -0.2) is 9.98 Å². The number of aliphatic imine (C=N–C) groups is 1. The molecule has 8 heteroatoms. The Bertz CT molecular complexity index is 659. The summed E-state index contributed by atoms with van der Waals surface area (Å²) in [6, 6.07) is 3.32. The number of carbonyl (C=O) groups excluding carboxylic acids is 1. The quantitative estimate of drug-likeness (QED) is 0.403. The zero-order valence-electron chi connectivity index (χ0n) is 14.2. The number of thiazole rings is 1. The van der Waals surface area contributed by atoms with Crippen LogP contribution in [0.15, 0.2) is 27.8 Å². The highest BCUT2D eigenvalue weighted by atomic mass is 32.1. The first kappa shape index (κ1) is 18.0. The maximum absolute atomic E-state index is 11.7. The molecule has 3 N–H and O–H groups in total. The Morgan fingerprint density at radius 3 is 2.71 bits per heavy atom. The van der Waals surface area contributed by atoms with Crippen LogP contribution in [-0.4, -0.2) is 36.5 Å². The van der Waals surface area contributed by atoms with E-state index >= 15 is 0 Å². The number of carbonyl (C=O) groups is 1. The minimum Gasteiger partial charge on any atom is -0.459 e. The standard InChI is InChI=1S/C16H23N5O2S/c1-4-17-16(20-10-14-21-11(2)12(3)24-14)19-8-7-18-15(22)13-6-5-9-23-13/h5-6,9H,4,7-8,10H2,1-3H3,(H,18,22)(H2,17,19,20). The summed E-state index contributed by atoms with van der Waals surface area (Å²) in [5.74, 6) is 0.790. The first-order valence-electron chi connectivity index (χ1n) is 7.87. The van der Waals surface area contributed by atoms with Gasteiger partial charge in [0.1, 0.15) is 5.01 Å². The molecule has 130 valence electrons. The topological polar surface area (TPSA) is 91.5 Å². The number of amides is 1. The van der Waals surface area contributed by atoms with Crippen molar-refractivity contribution in [2.75, 3.05) is 19.6 Å². The zero-order chi connectivity index (χ0) is 17.4. The molecule has 1 amide bonds. The minimum absolute atomic E-state index is 0.225. The molecule has 2 rings (SSSR count). The van der Waals surface area contributed by atoms with E-state index in [9.17, 15) is 4.79 Å². The maximum Gasteiger partial charge on any atom is 0.287 e. The fraction of sp³-hybridized carbons (Fsp3) is 0.438. The molecule has 2 heterocycles. The normalized spacial score (nSPS) is 11.4. The van der Waals surface area contributed by atoms with Crippen molar-refractivity contribution in [3.8, 4) is 0 Å². The number of hydrogen-bond donors (Lipinski definition) is 3. The third-order valence-electron chi connectivity index (χ3n) is 3.24. The van der Waals surface area contributed by atoms with Gasteiger partial charge in [0.2, 0.25) is 0 Å². The van der Waals surface area contributed by atoms with Crippen LogP contribution in [-0.2, 0) is 6.54 Å². The molecular weight excluding hydrogens is 326 g/mol. The smallest absolute Gasteiger partial charge is 0.287 e. The number of furan rings is 1. The Kier molecular flexibility index (Phi) is 6.80. The molecule has 2 aromatic rings. The number of aryl methyl sites for hydroxylation is 2. The largest absolute Gasteiger partial charge is 0.459 e. The highest BCUT2D eigenvalue weighted by Crippen LogP contribution is 2.16. The fourth-order valence-electron chi connectivity index (χ4n) is 1.95. The molecule has 0 aliphatic carbocycles. The Morgan fingerprint density at radius 2 is 2.08 bits per heavy atom. The van der Waals surface area contributed by atoms with Gasteiger partial charge in [-0.05, 0) is 32.9 Å². The second-order valence-corrected chi connectivity index (χ2v) is 6.39. The lowest BCUT2D eigenvalue weighted by Crippen LogP contribution is -2.41.